The van der Waals surface area contributed by atoms with E-state index in [1.807, 2.05) is 31.2 Å². The van der Waals surface area contributed by atoms with Gasteiger partial charge in [0.25, 0.3) is 5.91 Å². The summed E-state index contributed by atoms with van der Waals surface area (Å²) in [5.41, 5.74) is 2.49. The molecule has 1 amide bonds. The molecule has 0 saturated heterocycles. The number of ether oxygens (including phenoxy) is 4. The van der Waals surface area contributed by atoms with Crippen molar-refractivity contribution < 1.29 is 23.7 Å². The van der Waals surface area contributed by atoms with Crippen LogP contribution in [0.3, 0.4) is 0 Å². The molecule has 2 rings (SSSR count). The minimum Gasteiger partial charge on any atom is -0.496 e. The third kappa shape index (κ3) is 4.89. The highest BCUT2D eigenvalue weighted by atomic mass is 16.5. The van der Waals surface area contributed by atoms with Crippen LogP contribution in [0.25, 0.3) is 0 Å². The molecule has 0 unspecified atom stereocenters. The zero-order valence-corrected chi connectivity index (χ0v) is 15.6. The molecule has 0 aliphatic rings. The first kappa shape index (κ1) is 19.6. The summed E-state index contributed by atoms with van der Waals surface area (Å²) in [5.74, 6) is 1.15. The van der Waals surface area contributed by atoms with Crippen molar-refractivity contribution in [2.24, 2.45) is 0 Å². The lowest BCUT2D eigenvalue weighted by Crippen LogP contribution is -2.23. The first-order valence-corrected chi connectivity index (χ1v) is 8.36. The molecule has 0 saturated carbocycles. The third-order valence-electron chi connectivity index (χ3n) is 3.90. The number of hydrogen-bond acceptors (Lipinski definition) is 5. The van der Waals surface area contributed by atoms with Gasteiger partial charge in [0, 0.05) is 25.3 Å². The zero-order valence-electron chi connectivity index (χ0n) is 15.6. The molecule has 0 aromatic heterocycles. The van der Waals surface area contributed by atoms with Gasteiger partial charge in [0.1, 0.15) is 5.75 Å². The van der Waals surface area contributed by atoms with E-state index in [1.54, 1.807) is 12.1 Å². The van der Waals surface area contributed by atoms with Gasteiger partial charge in [-0.2, -0.15) is 0 Å². The van der Waals surface area contributed by atoms with E-state index in [0.29, 0.717) is 42.6 Å². The van der Waals surface area contributed by atoms with Crippen LogP contribution in [0.15, 0.2) is 36.4 Å². The van der Waals surface area contributed by atoms with Crippen molar-refractivity contribution in [1.29, 1.82) is 0 Å². The Morgan fingerprint density at radius 2 is 1.46 bits per heavy atom. The maximum absolute atomic E-state index is 12.6. The summed E-state index contributed by atoms with van der Waals surface area (Å²) >= 11 is 0. The van der Waals surface area contributed by atoms with Crippen LogP contribution < -0.4 is 19.5 Å². The monoisotopic (exact) mass is 359 g/mol. The highest BCUT2D eigenvalue weighted by Crippen LogP contribution is 2.34. The third-order valence-corrected chi connectivity index (χ3v) is 3.90. The summed E-state index contributed by atoms with van der Waals surface area (Å²) < 4.78 is 21.2. The van der Waals surface area contributed by atoms with Crippen LogP contribution in [0.5, 0.6) is 17.2 Å². The zero-order chi connectivity index (χ0) is 18.9. The van der Waals surface area contributed by atoms with Gasteiger partial charge < -0.3 is 24.3 Å². The Morgan fingerprint density at radius 1 is 0.885 bits per heavy atom. The molecule has 0 aliphatic carbocycles. The number of carbonyl (C=O) groups excluding carboxylic acids is 1. The van der Waals surface area contributed by atoms with Gasteiger partial charge in [-0.25, -0.2) is 0 Å². The Bertz CT molecular complexity index is 728. The lowest BCUT2D eigenvalue weighted by Gasteiger charge is -2.14. The van der Waals surface area contributed by atoms with Crippen molar-refractivity contribution in [2.45, 2.75) is 20.1 Å². The van der Waals surface area contributed by atoms with Crippen LogP contribution in [0.2, 0.25) is 0 Å². The molecule has 0 radical (unpaired) electrons. The summed E-state index contributed by atoms with van der Waals surface area (Å²) in [5, 5.41) is 2.89. The van der Waals surface area contributed by atoms with Crippen LogP contribution in [0, 0.1) is 0 Å². The first-order chi connectivity index (χ1) is 12.6. The molecule has 2 aromatic carbocycles. The Labute approximate surface area is 154 Å². The standard InChI is InChI=1S/C20H25NO5/c1-5-26-13-15-8-6-14(7-9-15)12-21-20(22)16-10-18(24-3)19(25-4)11-17(16)23-2/h6-11H,5,12-13H2,1-4H3,(H,21,22). The first-order valence-electron chi connectivity index (χ1n) is 8.36. The predicted octanol–water partition coefficient (Wildman–Crippen LogP) is 3.18. The highest BCUT2D eigenvalue weighted by molar-refractivity contribution is 5.97. The minimum absolute atomic E-state index is 0.249. The van der Waals surface area contributed by atoms with E-state index in [0.717, 1.165) is 11.1 Å². The van der Waals surface area contributed by atoms with Crippen molar-refractivity contribution in [3.8, 4) is 17.2 Å². The van der Waals surface area contributed by atoms with E-state index >= 15 is 0 Å². The number of amides is 1. The second kappa shape index (κ2) is 9.68. The maximum atomic E-state index is 12.6. The minimum atomic E-state index is -0.249. The average Bonchev–Trinajstić information content (AvgIpc) is 2.69. The highest BCUT2D eigenvalue weighted by Gasteiger charge is 2.17. The largest absolute Gasteiger partial charge is 0.496 e. The molecule has 0 aliphatic heterocycles. The number of hydrogen-bond donors (Lipinski definition) is 1. The van der Waals surface area contributed by atoms with Crippen molar-refractivity contribution in [3.05, 3.63) is 53.1 Å². The van der Waals surface area contributed by atoms with E-state index in [-0.39, 0.29) is 5.91 Å². The normalized spacial score (nSPS) is 10.3. The van der Waals surface area contributed by atoms with Gasteiger partial charge in [-0.3, -0.25) is 4.79 Å². The van der Waals surface area contributed by atoms with Crippen LogP contribution in [0.1, 0.15) is 28.4 Å². The number of benzene rings is 2. The second-order valence-electron chi connectivity index (χ2n) is 5.54. The molecule has 140 valence electrons. The summed E-state index contributed by atoms with van der Waals surface area (Å²) in [6, 6.07) is 11.2. The Kier molecular flexibility index (Phi) is 7.29. The molecule has 26 heavy (non-hydrogen) atoms. The molecule has 0 spiro atoms. The maximum Gasteiger partial charge on any atom is 0.255 e. The molecule has 0 bridgehead atoms. The fourth-order valence-electron chi connectivity index (χ4n) is 2.46. The summed E-state index contributed by atoms with van der Waals surface area (Å²) in [7, 11) is 4.57. The molecular formula is C20H25NO5. The summed E-state index contributed by atoms with van der Waals surface area (Å²) in [6.07, 6.45) is 0. The molecular weight excluding hydrogens is 334 g/mol. The lowest BCUT2D eigenvalue weighted by atomic mass is 10.1. The van der Waals surface area contributed by atoms with Gasteiger partial charge in [-0.05, 0) is 18.1 Å². The van der Waals surface area contributed by atoms with Crippen molar-refractivity contribution in [2.75, 3.05) is 27.9 Å². The fraction of sp³-hybridized carbons (Fsp3) is 0.350. The van der Waals surface area contributed by atoms with Crippen LogP contribution in [-0.4, -0.2) is 33.8 Å². The number of methoxy groups -OCH3 is 3. The molecule has 0 heterocycles. The SMILES string of the molecule is CCOCc1ccc(CNC(=O)c2cc(OC)c(OC)cc2OC)cc1. The van der Waals surface area contributed by atoms with E-state index in [1.165, 1.54) is 21.3 Å². The smallest absolute Gasteiger partial charge is 0.255 e. The Hall–Kier alpha value is -2.73. The van der Waals surface area contributed by atoms with Gasteiger partial charge in [-0.15, -0.1) is 0 Å². The molecule has 2 aromatic rings. The molecule has 1 N–H and O–H groups in total. The van der Waals surface area contributed by atoms with E-state index in [4.69, 9.17) is 18.9 Å². The van der Waals surface area contributed by atoms with E-state index < -0.39 is 0 Å². The topological polar surface area (TPSA) is 66.0 Å². The molecule has 6 nitrogen and oxygen atoms in total. The van der Waals surface area contributed by atoms with Crippen molar-refractivity contribution in [1.82, 2.24) is 5.32 Å². The number of carbonyl (C=O) groups is 1. The molecule has 6 heteroatoms. The molecule has 0 atom stereocenters. The van der Waals surface area contributed by atoms with Crippen LogP contribution in [-0.2, 0) is 17.9 Å². The fourth-order valence-corrected chi connectivity index (χ4v) is 2.46. The quantitative estimate of drug-likeness (QED) is 0.745. The number of nitrogens with one attached hydrogen (secondary N) is 1. The van der Waals surface area contributed by atoms with Gasteiger partial charge in [0.15, 0.2) is 11.5 Å². The average molecular weight is 359 g/mol. The van der Waals surface area contributed by atoms with Crippen LogP contribution >= 0.6 is 0 Å². The predicted molar refractivity (Wildman–Crippen MR) is 99.0 cm³/mol. The van der Waals surface area contributed by atoms with Gasteiger partial charge in [0.05, 0.1) is 33.5 Å². The second-order valence-corrected chi connectivity index (χ2v) is 5.54. The Balaban J connectivity index is 2.07. The number of rotatable bonds is 9. The summed E-state index contributed by atoms with van der Waals surface area (Å²) in [4.78, 5) is 12.6. The van der Waals surface area contributed by atoms with E-state index in [9.17, 15) is 4.79 Å². The van der Waals surface area contributed by atoms with Gasteiger partial charge >= 0.3 is 0 Å². The van der Waals surface area contributed by atoms with Gasteiger partial charge in [-0.1, -0.05) is 24.3 Å². The molecule has 0 fully saturated rings. The van der Waals surface area contributed by atoms with Gasteiger partial charge in [0.2, 0.25) is 0 Å². The van der Waals surface area contributed by atoms with Crippen molar-refractivity contribution in [3.63, 3.8) is 0 Å². The Morgan fingerprint density at radius 3 is 2.04 bits per heavy atom. The van der Waals surface area contributed by atoms with Crippen molar-refractivity contribution >= 4 is 5.91 Å². The van der Waals surface area contributed by atoms with Crippen LogP contribution in [0.4, 0.5) is 0 Å². The summed E-state index contributed by atoms with van der Waals surface area (Å²) in [6.45, 7) is 3.65. The lowest BCUT2D eigenvalue weighted by molar-refractivity contribution is 0.0947. The van der Waals surface area contributed by atoms with E-state index in [2.05, 4.69) is 5.32 Å².